The third-order valence-electron chi connectivity index (χ3n) is 3.36. The molecule has 0 aliphatic heterocycles. The van der Waals surface area contributed by atoms with E-state index in [0.717, 1.165) is 0 Å². The third-order valence-corrected chi connectivity index (χ3v) is 6.40. The molecule has 1 aliphatic carbocycles. The van der Waals surface area contributed by atoms with Crippen molar-refractivity contribution in [1.82, 2.24) is 0 Å². The SMILES string of the molecule is C=C(C(Cl)C1CCCCC1)[Si](C)(C)C. The van der Waals surface area contributed by atoms with E-state index in [1.165, 1.54) is 37.3 Å². The molecule has 1 fully saturated rings. The van der Waals surface area contributed by atoms with E-state index in [4.69, 9.17) is 11.6 Å². The predicted octanol–water partition coefficient (Wildman–Crippen LogP) is 4.61. The second-order valence-corrected chi connectivity index (χ2v) is 11.2. The van der Waals surface area contributed by atoms with E-state index in [0.29, 0.717) is 5.92 Å². The van der Waals surface area contributed by atoms with Crippen molar-refractivity contribution >= 4 is 19.7 Å². The summed E-state index contributed by atoms with van der Waals surface area (Å²) >= 11 is 6.53. The van der Waals surface area contributed by atoms with Gasteiger partial charge in [0.05, 0.1) is 13.5 Å². The van der Waals surface area contributed by atoms with Crippen LogP contribution in [-0.4, -0.2) is 13.5 Å². The number of allylic oxidation sites excluding steroid dienone is 1. The molecule has 0 N–H and O–H groups in total. The van der Waals surface area contributed by atoms with Crippen LogP contribution in [0.2, 0.25) is 19.6 Å². The monoisotopic (exact) mass is 230 g/mol. The molecule has 82 valence electrons. The largest absolute Gasteiger partial charge is 0.118 e. The first-order chi connectivity index (χ1) is 6.43. The molecule has 0 radical (unpaired) electrons. The van der Waals surface area contributed by atoms with E-state index < -0.39 is 8.07 Å². The van der Waals surface area contributed by atoms with Crippen LogP contribution < -0.4 is 0 Å². The van der Waals surface area contributed by atoms with Crippen molar-refractivity contribution in [3.8, 4) is 0 Å². The first-order valence-corrected chi connectivity index (χ1v) is 9.70. The van der Waals surface area contributed by atoms with Gasteiger partial charge in [0, 0.05) is 0 Å². The van der Waals surface area contributed by atoms with Gasteiger partial charge in [-0.2, -0.15) is 0 Å². The number of rotatable bonds is 3. The normalized spacial score (nSPS) is 22.0. The molecule has 1 rings (SSSR count). The van der Waals surface area contributed by atoms with Gasteiger partial charge in [-0.15, -0.1) is 18.2 Å². The van der Waals surface area contributed by atoms with E-state index >= 15 is 0 Å². The van der Waals surface area contributed by atoms with Crippen molar-refractivity contribution in [1.29, 1.82) is 0 Å². The number of halogens is 1. The van der Waals surface area contributed by atoms with Gasteiger partial charge in [-0.3, -0.25) is 0 Å². The van der Waals surface area contributed by atoms with Gasteiger partial charge >= 0.3 is 0 Å². The van der Waals surface area contributed by atoms with Crippen molar-refractivity contribution in [3.05, 3.63) is 11.8 Å². The molecule has 1 unspecified atom stereocenters. The van der Waals surface area contributed by atoms with Gasteiger partial charge in [-0.25, -0.2) is 0 Å². The summed E-state index contributed by atoms with van der Waals surface area (Å²) in [6, 6.07) is 0. The van der Waals surface area contributed by atoms with Gasteiger partial charge in [0.25, 0.3) is 0 Å². The van der Waals surface area contributed by atoms with Crippen molar-refractivity contribution in [2.24, 2.45) is 5.92 Å². The van der Waals surface area contributed by atoms with Crippen LogP contribution in [0.3, 0.4) is 0 Å². The molecule has 1 aliphatic rings. The smallest absolute Gasteiger partial charge is 0.0736 e. The van der Waals surface area contributed by atoms with E-state index in [2.05, 4.69) is 26.2 Å². The number of hydrogen-bond donors (Lipinski definition) is 0. The topological polar surface area (TPSA) is 0 Å². The summed E-state index contributed by atoms with van der Waals surface area (Å²) in [5.74, 6) is 0.713. The van der Waals surface area contributed by atoms with Gasteiger partial charge in [0.1, 0.15) is 0 Å². The van der Waals surface area contributed by atoms with Crippen LogP contribution in [0.15, 0.2) is 11.8 Å². The molecule has 0 aromatic carbocycles. The van der Waals surface area contributed by atoms with E-state index in [-0.39, 0.29) is 5.38 Å². The molecule has 0 nitrogen and oxygen atoms in total. The Labute approximate surface area is 94.7 Å². The Kier molecular flexibility index (Phi) is 4.26. The summed E-state index contributed by atoms with van der Waals surface area (Å²) in [6.07, 6.45) is 6.77. The molecular formula is C12H23ClSi. The molecule has 0 heterocycles. The van der Waals surface area contributed by atoms with Gasteiger partial charge in [0.2, 0.25) is 0 Å². The highest BCUT2D eigenvalue weighted by molar-refractivity contribution is 6.84. The van der Waals surface area contributed by atoms with E-state index in [9.17, 15) is 0 Å². The summed E-state index contributed by atoms with van der Waals surface area (Å²) in [4.78, 5) is 0. The lowest BCUT2D eigenvalue weighted by Crippen LogP contribution is -2.33. The zero-order valence-electron chi connectivity index (χ0n) is 9.78. The minimum atomic E-state index is -1.23. The van der Waals surface area contributed by atoms with Crippen LogP contribution in [0.25, 0.3) is 0 Å². The quantitative estimate of drug-likeness (QED) is 0.491. The Balaban J connectivity index is 2.55. The molecule has 0 aromatic heterocycles. The van der Waals surface area contributed by atoms with Crippen molar-refractivity contribution in [3.63, 3.8) is 0 Å². The summed E-state index contributed by atoms with van der Waals surface area (Å²) in [5, 5.41) is 1.60. The highest BCUT2D eigenvalue weighted by Gasteiger charge is 2.30. The van der Waals surface area contributed by atoms with Crippen molar-refractivity contribution < 1.29 is 0 Å². The molecule has 2 heteroatoms. The molecule has 0 saturated heterocycles. The molecule has 0 amide bonds. The van der Waals surface area contributed by atoms with Crippen LogP contribution >= 0.6 is 11.6 Å². The molecule has 0 spiro atoms. The maximum atomic E-state index is 6.53. The van der Waals surface area contributed by atoms with Gasteiger partial charge in [0.15, 0.2) is 0 Å². The minimum absolute atomic E-state index is 0.252. The molecule has 14 heavy (non-hydrogen) atoms. The molecule has 1 saturated carbocycles. The summed E-state index contributed by atoms with van der Waals surface area (Å²) in [7, 11) is -1.23. The van der Waals surface area contributed by atoms with Gasteiger partial charge < -0.3 is 0 Å². The summed E-state index contributed by atoms with van der Waals surface area (Å²) in [6.45, 7) is 11.3. The zero-order chi connectivity index (χ0) is 10.8. The van der Waals surface area contributed by atoms with Crippen LogP contribution in [-0.2, 0) is 0 Å². The Morgan fingerprint density at radius 2 is 1.71 bits per heavy atom. The fourth-order valence-corrected chi connectivity index (χ4v) is 4.42. The standard InChI is InChI=1S/C12H23ClSi/c1-10(14(2,3)4)12(13)11-8-6-5-7-9-11/h11-12H,1,5-9H2,2-4H3. The second kappa shape index (κ2) is 4.85. The lowest BCUT2D eigenvalue weighted by atomic mass is 9.86. The van der Waals surface area contributed by atoms with E-state index in [1.807, 2.05) is 0 Å². The van der Waals surface area contributed by atoms with E-state index in [1.54, 1.807) is 0 Å². The Bertz CT molecular complexity index is 199. The lowest BCUT2D eigenvalue weighted by Gasteiger charge is -2.32. The number of alkyl halides is 1. The first-order valence-electron chi connectivity index (χ1n) is 5.76. The minimum Gasteiger partial charge on any atom is -0.118 e. The predicted molar refractivity (Wildman–Crippen MR) is 68.7 cm³/mol. The molecular weight excluding hydrogens is 208 g/mol. The maximum absolute atomic E-state index is 6.53. The third kappa shape index (κ3) is 3.13. The highest BCUT2D eigenvalue weighted by atomic mass is 35.5. The van der Waals surface area contributed by atoms with Gasteiger partial charge in [-0.05, 0) is 18.8 Å². The number of hydrogen-bond acceptors (Lipinski definition) is 0. The Morgan fingerprint density at radius 1 is 1.21 bits per heavy atom. The van der Waals surface area contributed by atoms with Crippen molar-refractivity contribution in [2.45, 2.75) is 57.1 Å². The fraction of sp³-hybridized carbons (Fsp3) is 0.833. The van der Waals surface area contributed by atoms with Crippen LogP contribution in [0.5, 0.6) is 0 Å². The fourth-order valence-electron chi connectivity index (χ4n) is 2.13. The Hall–Kier alpha value is 0.247. The molecule has 0 aromatic rings. The van der Waals surface area contributed by atoms with Crippen LogP contribution in [0.1, 0.15) is 32.1 Å². The highest BCUT2D eigenvalue weighted by Crippen LogP contribution is 2.34. The first kappa shape index (κ1) is 12.3. The maximum Gasteiger partial charge on any atom is 0.0736 e. The van der Waals surface area contributed by atoms with Crippen LogP contribution in [0, 0.1) is 5.92 Å². The average molecular weight is 231 g/mol. The van der Waals surface area contributed by atoms with Crippen molar-refractivity contribution in [2.75, 3.05) is 0 Å². The summed E-state index contributed by atoms with van der Waals surface area (Å²) in [5.41, 5.74) is 0. The molecule has 1 atom stereocenters. The van der Waals surface area contributed by atoms with Crippen LogP contribution in [0.4, 0.5) is 0 Å². The molecule has 0 bridgehead atoms. The lowest BCUT2D eigenvalue weighted by molar-refractivity contribution is 0.363. The Morgan fingerprint density at radius 3 is 2.14 bits per heavy atom. The second-order valence-electron chi connectivity index (χ2n) is 5.58. The summed E-state index contributed by atoms with van der Waals surface area (Å²) < 4.78 is 0. The average Bonchev–Trinajstić information content (AvgIpc) is 2.15. The van der Waals surface area contributed by atoms with Gasteiger partial charge in [-0.1, -0.05) is 44.1 Å². The zero-order valence-corrected chi connectivity index (χ0v) is 11.5.